The Morgan fingerprint density at radius 3 is 2.61 bits per heavy atom. The number of hydrogen-bond donors (Lipinski definition) is 1. The number of likely N-dealkylation sites (tertiary alicyclic amines) is 1. The van der Waals surface area contributed by atoms with Crippen molar-refractivity contribution in [1.29, 1.82) is 0 Å². The fourth-order valence-corrected chi connectivity index (χ4v) is 3.11. The molecule has 12 heteroatoms. The Hall–Kier alpha value is -2.82. The van der Waals surface area contributed by atoms with Gasteiger partial charge in [-0.1, -0.05) is 11.6 Å². The van der Waals surface area contributed by atoms with Crippen LogP contribution in [0.4, 0.5) is 18.0 Å². The van der Waals surface area contributed by atoms with Crippen molar-refractivity contribution in [1.82, 2.24) is 20.4 Å². The maximum Gasteiger partial charge on any atom is 0.416 e. The van der Waals surface area contributed by atoms with Crippen LogP contribution >= 0.6 is 11.6 Å². The van der Waals surface area contributed by atoms with Gasteiger partial charge in [0.2, 0.25) is 5.89 Å². The summed E-state index contributed by atoms with van der Waals surface area (Å²) in [5.74, 6) is -1.46. The van der Waals surface area contributed by atoms with E-state index in [-0.39, 0.29) is 29.1 Å². The van der Waals surface area contributed by atoms with Gasteiger partial charge in [-0.25, -0.2) is 4.79 Å². The molecular formula is C19H20ClF3N4O4. The van der Waals surface area contributed by atoms with E-state index in [2.05, 4.69) is 15.5 Å². The lowest BCUT2D eigenvalue weighted by Crippen LogP contribution is -2.40. The number of rotatable bonds is 3. The van der Waals surface area contributed by atoms with Crippen molar-refractivity contribution in [2.75, 3.05) is 13.1 Å². The molecule has 0 saturated carbocycles. The lowest BCUT2D eigenvalue weighted by molar-refractivity contribution is -0.137. The fraction of sp³-hybridized carbons (Fsp3) is 0.474. The Kier molecular flexibility index (Phi) is 6.17. The number of halogens is 4. The van der Waals surface area contributed by atoms with Crippen molar-refractivity contribution in [2.45, 2.75) is 45.0 Å². The zero-order valence-corrected chi connectivity index (χ0v) is 17.7. The number of amides is 2. The highest BCUT2D eigenvalue weighted by molar-refractivity contribution is 6.33. The first-order valence-corrected chi connectivity index (χ1v) is 9.71. The van der Waals surface area contributed by atoms with Gasteiger partial charge in [0, 0.05) is 19.1 Å². The molecule has 0 spiro atoms. The first kappa shape index (κ1) is 22.9. The minimum atomic E-state index is -4.58. The molecule has 31 heavy (non-hydrogen) atoms. The number of alkyl halides is 3. The topological polar surface area (TPSA) is 97.6 Å². The molecule has 1 fully saturated rings. The normalized spacial score (nSPS) is 17.0. The summed E-state index contributed by atoms with van der Waals surface area (Å²) in [6.45, 7) is 5.90. The monoisotopic (exact) mass is 460 g/mol. The van der Waals surface area contributed by atoms with Gasteiger partial charge in [-0.2, -0.15) is 13.2 Å². The summed E-state index contributed by atoms with van der Waals surface area (Å²) in [6.07, 6.45) is -4.57. The predicted octanol–water partition coefficient (Wildman–Crippen LogP) is 4.15. The van der Waals surface area contributed by atoms with E-state index in [9.17, 15) is 22.8 Å². The molecule has 0 unspecified atom stereocenters. The van der Waals surface area contributed by atoms with Crippen molar-refractivity contribution in [3.05, 3.63) is 34.7 Å². The van der Waals surface area contributed by atoms with Gasteiger partial charge < -0.3 is 19.4 Å². The highest BCUT2D eigenvalue weighted by Gasteiger charge is 2.33. The molecular weight excluding hydrogens is 441 g/mol. The lowest BCUT2D eigenvalue weighted by Gasteiger charge is -2.24. The van der Waals surface area contributed by atoms with Crippen LogP contribution in [0.15, 0.2) is 22.6 Å². The Labute approximate surface area is 180 Å². The molecule has 1 N–H and O–H groups in total. The van der Waals surface area contributed by atoms with Crippen LogP contribution in [-0.4, -0.2) is 51.8 Å². The molecule has 0 radical (unpaired) electrons. The van der Waals surface area contributed by atoms with Crippen molar-refractivity contribution >= 4 is 23.6 Å². The molecule has 1 aromatic heterocycles. The van der Waals surface area contributed by atoms with Crippen molar-refractivity contribution in [3.8, 4) is 11.5 Å². The first-order chi connectivity index (χ1) is 14.3. The standard InChI is InChI=1S/C19H20ClF3N4O4/c1-18(2,3)31-17(29)27-7-6-11(9-27)24-14(28)16-26-25-15(30-16)12-8-10(19(21,22)23)4-5-13(12)20/h4-5,8,11H,6-7,9H2,1-3H3,(H,24,28)/t11-/m1/s1. The van der Waals surface area contributed by atoms with E-state index >= 15 is 0 Å². The van der Waals surface area contributed by atoms with Crippen LogP contribution in [0, 0.1) is 0 Å². The van der Waals surface area contributed by atoms with Crippen LogP contribution in [-0.2, 0) is 10.9 Å². The maximum atomic E-state index is 12.9. The summed E-state index contributed by atoms with van der Waals surface area (Å²) in [5, 5.41) is 9.86. The molecule has 2 amide bonds. The number of benzene rings is 1. The third-order valence-electron chi connectivity index (χ3n) is 4.32. The zero-order chi connectivity index (χ0) is 23.0. The highest BCUT2D eigenvalue weighted by atomic mass is 35.5. The van der Waals surface area contributed by atoms with E-state index in [1.54, 1.807) is 20.8 Å². The van der Waals surface area contributed by atoms with Gasteiger partial charge in [0.05, 0.1) is 16.1 Å². The summed E-state index contributed by atoms with van der Waals surface area (Å²) >= 11 is 5.95. The molecule has 2 heterocycles. The molecule has 1 saturated heterocycles. The first-order valence-electron chi connectivity index (χ1n) is 9.33. The van der Waals surface area contributed by atoms with Crippen LogP contribution in [0.3, 0.4) is 0 Å². The minimum absolute atomic E-state index is 0.0348. The van der Waals surface area contributed by atoms with E-state index in [0.717, 1.165) is 18.2 Å². The highest BCUT2D eigenvalue weighted by Crippen LogP contribution is 2.35. The number of nitrogens with zero attached hydrogens (tertiary/aromatic N) is 3. The molecule has 0 bridgehead atoms. The number of ether oxygens (including phenoxy) is 1. The van der Waals surface area contributed by atoms with Gasteiger partial charge >= 0.3 is 24.1 Å². The lowest BCUT2D eigenvalue weighted by atomic mass is 10.1. The zero-order valence-electron chi connectivity index (χ0n) is 16.9. The van der Waals surface area contributed by atoms with Gasteiger partial charge in [-0.15, -0.1) is 10.2 Å². The number of hydrogen-bond acceptors (Lipinski definition) is 6. The third kappa shape index (κ3) is 5.66. The molecule has 2 aromatic rings. The van der Waals surface area contributed by atoms with Gasteiger partial charge in [0.25, 0.3) is 0 Å². The molecule has 1 atom stereocenters. The van der Waals surface area contributed by atoms with E-state index < -0.39 is 35.2 Å². The fourth-order valence-electron chi connectivity index (χ4n) is 2.91. The van der Waals surface area contributed by atoms with Crippen LogP contribution < -0.4 is 5.32 Å². The Bertz CT molecular complexity index is 987. The second kappa shape index (κ2) is 8.37. The van der Waals surface area contributed by atoms with Crippen LogP contribution in [0.5, 0.6) is 0 Å². The Balaban J connectivity index is 1.66. The summed E-state index contributed by atoms with van der Waals surface area (Å²) in [5.41, 5.74) is -1.71. The quantitative estimate of drug-likeness (QED) is 0.739. The van der Waals surface area contributed by atoms with Crippen LogP contribution in [0.2, 0.25) is 5.02 Å². The van der Waals surface area contributed by atoms with Crippen molar-refractivity contribution in [2.24, 2.45) is 0 Å². The number of carbonyl (C=O) groups excluding carboxylic acids is 2. The van der Waals surface area contributed by atoms with Gasteiger partial charge in [0.15, 0.2) is 0 Å². The summed E-state index contributed by atoms with van der Waals surface area (Å²) < 4.78 is 49.4. The molecule has 0 aliphatic carbocycles. The van der Waals surface area contributed by atoms with E-state index in [0.29, 0.717) is 13.0 Å². The van der Waals surface area contributed by atoms with Crippen LogP contribution in [0.25, 0.3) is 11.5 Å². The summed E-state index contributed by atoms with van der Waals surface area (Å²) in [6, 6.07) is 2.29. The largest absolute Gasteiger partial charge is 0.444 e. The number of nitrogens with one attached hydrogen (secondary N) is 1. The molecule has 1 aliphatic heterocycles. The van der Waals surface area contributed by atoms with E-state index in [1.807, 2.05) is 0 Å². The number of carbonyl (C=O) groups is 2. The molecule has 8 nitrogen and oxygen atoms in total. The Morgan fingerprint density at radius 1 is 1.26 bits per heavy atom. The second-order valence-electron chi connectivity index (χ2n) is 7.99. The van der Waals surface area contributed by atoms with Crippen molar-refractivity contribution in [3.63, 3.8) is 0 Å². The SMILES string of the molecule is CC(C)(C)OC(=O)N1CC[C@@H](NC(=O)c2nnc(-c3cc(C(F)(F)F)ccc3Cl)o2)C1. The molecule has 168 valence electrons. The third-order valence-corrected chi connectivity index (χ3v) is 4.65. The van der Waals surface area contributed by atoms with Gasteiger partial charge in [-0.3, -0.25) is 4.79 Å². The maximum absolute atomic E-state index is 12.9. The van der Waals surface area contributed by atoms with E-state index in [1.165, 1.54) is 4.90 Å². The number of aromatic nitrogens is 2. The molecule has 3 rings (SSSR count). The summed E-state index contributed by atoms with van der Waals surface area (Å²) in [7, 11) is 0. The molecule has 1 aromatic carbocycles. The second-order valence-corrected chi connectivity index (χ2v) is 8.40. The van der Waals surface area contributed by atoms with Gasteiger partial charge in [-0.05, 0) is 45.4 Å². The van der Waals surface area contributed by atoms with Crippen LogP contribution in [0.1, 0.15) is 43.4 Å². The van der Waals surface area contributed by atoms with E-state index in [4.69, 9.17) is 20.8 Å². The predicted molar refractivity (Wildman–Crippen MR) is 103 cm³/mol. The minimum Gasteiger partial charge on any atom is -0.444 e. The molecule has 1 aliphatic rings. The van der Waals surface area contributed by atoms with Gasteiger partial charge in [0.1, 0.15) is 5.60 Å². The summed E-state index contributed by atoms with van der Waals surface area (Å²) in [4.78, 5) is 26.0. The Morgan fingerprint density at radius 2 is 1.97 bits per heavy atom. The van der Waals surface area contributed by atoms with Crippen molar-refractivity contribution < 1.29 is 31.9 Å². The smallest absolute Gasteiger partial charge is 0.416 e. The average Bonchev–Trinajstić information content (AvgIpc) is 3.29. The average molecular weight is 461 g/mol.